The van der Waals surface area contributed by atoms with Crippen molar-refractivity contribution in [3.63, 3.8) is 0 Å². The van der Waals surface area contributed by atoms with Gasteiger partial charge in [0.1, 0.15) is 11.5 Å². The number of carboxylic acids is 1. The zero-order valence-corrected chi connectivity index (χ0v) is 11.2. The number of hydrogen-bond donors (Lipinski definition) is 2. The van der Waals surface area contributed by atoms with Crippen molar-refractivity contribution in [2.45, 2.75) is 12.8 Å². The maximum Gasteiger partial charge on any atom is 0.341 e. The number of rotatable bonds is 7. The van der Waals surface area contributed by atoms with Crippen molar-refractivity contribution in [3.05, 3.63) is 48.4 Å². The predicted octanol–water partition coefficient (Wildman–Crippen LogP) is 2.31. The van der Waals surface area contributed by atoms with Gasteiger partial charge < -0.3 is 19.6 Å². The smallest absolute Gasteiger partial charge is 0.341 e. The highest BCUT2D eigenvalue weighted by Gasteiger charge is 2.09. The van der Waals surface area contributed by atoms with E-state index >= 15 is 0 Å². The second-order valence-electron chi connectivity index (χ2n) is 4.31. The summed E-state index contributed by atoms with van der Waals surface area (Å²) in [5.41, 5.74) is 0.447. The number of ether oxygens (including phenoxy) is 1. The molecule has 0 atom stereocenters. The van der Waals surface area contributed by atoms with Gasteiger partial charge in [-0.15, -0.1) is 0 Å². The van der Waals surface area contributed by atoms with Gasteiger partial charge in [0.15, 0.2) is 6.61 Å². The third-order valence-electron chi connectivity index (χ3n) is 2.69. The fourth-order valence-corrected chi connectivity index (χ4v) is 1.74. The molecule has 1 aromatic heterocycles. The monoisotopic (exact) mass is 289 g/mol. The zero-order chi connectivity index (χ0) is 15.1. The molecule has 2 aromatic rings. The highest BCUT2D eigenvalue weighted by Crippen LogP contribution is 2.23. The maximum absolute atomic E-state index is 11.9. The van der Waals surface area contributed by atoms with Crippen LogP contribution in [-0.4, -0.2) is 23.6 Å². The Balaban J connectivity index is 1.92. The van der Waals surface area contributed by atoms with Gasteiger partial charge in [-0.3, -0.25) is 4.79 Å². The minimum absolute atomic E-state index is 0.197. The van der Waals surface area contributed by atoms with Crippen molar-refractivity contribution in [2.75, 3.05) is 11.9 Å². The first kappa shape index (κ1) is 14.6. The lowest BCUT2D eigenvalue weighted by Crippen LogP contribution is -2.15. The Kier molecular flexibility index (Phi) is 4.98. The van der Waals surface area contributed by atoms with E-state index in [2.05, 4.69) is 5.32 Å². The first-order chi connectivity index (χ1) is 10.1. The molecule has 0 fully saturated rings. The standard InChI is InChI=1S/C15H15NO5/c17-14(8-7-11-4-3-9-20-11)16-12-5-1-2-6-13(12)21-10-15(18)19/h1-6,9H,7-8,10H2,(H,16,17)(H,18,19). The van der Waals surface area contributed by atoms with Crippen LogP contribution in [0.15, 0.2) is 47.1 Å². The summed E-state index contributed by atoms with van der Waals surface area (Å²) in [6.07, 6.45) is 2.32. The predicted molar refractivity (Wildman–Crippen MR) is 75.2 cm³/mol. The SMILES string of the molecule is O=C(O)COc1ccccc1NC(=O)CCc1ccco1. The van der Waals surface area contributed by atoms with E-state index in [0.29, 0.717) is 17.9 Å². The van der Waals surface area contributed by atoms with Crippen molar-refractivity contribution >= 4 is 17.6 Å². The lowest BCUT2D eigenvalue weighted by Gasteiger charge is -2.10. The van der Waals surface area contributed by atoms with Crippen molar-refractivity contribution in [1.82, 2.24) is 0 Å². The molecule has 6 nitrogen and oxygen atoms in total. The summed E-state index contributed by atoms with van der Waals surface area (Å²) in [5, 5.41) is 11.3. The Bertz CT molecular complexity index is 606. The van der Waals surface area contributed by atoms with Gasteiger partial charge >= 0.3 is 5.97 Å². The summed E-state index contributed by atoms with van der Waals surface area (Å²) in [6, 6.07) is 10.3. The third-order valence-corrected chi connectivity index (χ3v) is 2.69. The van der Waals surface area contributed by atoms with Gasteiger partial charge in [-0.25, -0.2) is 4.79 Å². The van der Waals surface area contributed by atoms with Crippen LogP contribution in [0.5, 0.6) is 5.75 Å². The summed E-state index contributed by atoms with van der Waals surface area (Å²) in [5.74, 6) is -0.210. The number of carboxylic acid groups (broad SMARTS) is 1. The number of furan rings is 1. The van der Waals surface area contributed by atoms with Crippen LogP contribution < -0.4 is 10.1 Å². The highest BCUT2D eigenvalue weighted by atomic mass is 16.5. The number of para-hydroxylation sites is 2. The fraction of sp³-hybridized carbons (Fsp3) is 0.200. The number of aliphatic carboxylic acids is 1. The van der Waals surface area contributed by atoms with Crippen LogP contribution in [0.25, 0.3) is 0 Å². The van der Waals surface area contributed by atoms with Gasteiger partial charge in [-0.05, 0) is 24.3 Å². The molecule has 6 heteroatoms. The first-order valence-corrected chi connectivity index (χ1v) is 6.41. The molecule has 0 saturated carbocycles. The van der Waals surface area contributed by atoms with Crippen molar-refractivity contribution < 1.29 is 23.8 Å². The second kappa shape index (κ2) is 7.14. The molecule has 0 aliphatic rings. The first-order valence-electron chi connectivity index (χ1n) is 6.41. The molecule has 2 rings (SSSR count). The van der Waals surface area contributed by atoms with E-state index < -0.39 is 12.6 Å². The molecule has 1 heterocycles. The minimum Gasteiger partial charge on any atom is -0.480 e. The molecule has 21 heavy (non-hydrogen) atoms. The molecule has 0 aliphatic heterocycles. The van der Waals surface area contributed by atoms with Crippen LogP contribution in [0.3, 0.4) is 0 Å². The lowest BCUT2D eigenvalue weighted by atomic mass is 10.2. The number of amides is 1. The van der Waals surface area contributed by atoms with Crippen LogP contribution in [0.4, 0.5) is 5.69 Å². The van der Waals surface area contributed by atoms with E-state index in [1.807, 2.05) is 0 Å². The van der Waals surface area contributed by atoms with E-state index in [1.165, 1.54) is 0 Å². The Morgan fingerprint density at radius 3 is 2.71 bits per heavy atom. The van der Waals surface area contributed by atoms with Crippen LogP contribution in [0.1, 0.15) is 12.2 Å². The highest BCUT2D eigenvalue weighted by molar-refractivity contribution is 5.92. The molecule has 0 saturated heterocycles. The third kappa shape index (κ3) is 4.68. The van der Waals surface area contributed by atoms with Crippen LogP contribution >= 0.6 is 0 Å². The van der Waals surface area contributed by atoms with Crippen molar-refractivity contribution in [3.8, 4) is 5.75 Å². The number of nitrogens with one attached hydrogen (secondary N) is 1. The Morgan fingerprint density at radius 2 is 2.00 bits per heavy atom. The van der Waals surface area contributed by atoms with Crippen molar-refractivity contribution in [1.29, 1.82) is 0 Å². The van der Waals surface area contributed by atoms with Crippen LogP contribution in [0.2, 0.25) is 0 Å². The van der Waals surface area contributed by atoms with E-state index in [1.54, 1.807) is 42.7 Å². The quantitative estimate of drug-likeness (QED) is 0.816. The molecule has 0 radical (unpaired) electrons. The Hall–Kier alpha value is -2.76. The normalized spacial score (nSPS) is 10.1. The van der Waals surface area contributed by atoms with Gasteiger partial charge in [0.25, 0.3) is 0 Å². The molecular weight excluding hydrogens is 274 g/mol. The molecule has 1 aromatic carbocycles. The van der Waals surface area contributed by atoms with Gasteiger partial charge in [0.2, 0.25) is 5.91 Å². The van der Waals surface area contributed by atoms with Gasteiger partial charge in [0, 0.05) is 12.8 Å². The zero-order valence-electron chi connectivity index (χ0n) is 11.2. The average Bonchev–Trinajstić information content (AvgIpc) is 2.97. The molecule has 0 aliphatic carbocycles. The topological polar surface area (TPSA) is 88.8 Å². The second-order valence-corrected chi connectivity index (χ2v) is 4.31. The average molecular weight is 289 g/mol. The summed E-state index contributed by atoms with van der Waals surface area (Å²) in [4.78, 5) is 22.4. The molecular formula is C15H15NO5. The number of aryl methyl sites for hydroxylation is 1. The molecule has 0 bridgehead atoms. The molecule has 110 valence electrons. The summed E-state index contributed by atoms with van der Waals surface area (Å²) >= 11 is 0. The van der Waals surface area contributed by atoms with Crippen LogP contribution in [0, 0.1) is 0 Å². The number of hydrogen-bond acceptors (Lipinski definition) is 4. The van der Waals surface area contributed by atoms with Gasteiger partial charge in [0.05, 0.1) is 12.0 Å². The summed E-state index contributed by atoms with van der Waals surface area (Å²) in [7, 11) is 0. The summed E-state index contributed by atoms with van der Waals surface area (Å²) in [6.45, 7) is -0.459. The summed E-state index contributed by atoms with van der Waals surface area (Å²) < 4.78 is 10.3. The van der Waals surface area contributed by atoms with Crippen molar-refractivity contribution in [2.24, 2.45) is 0 Å². The largest absolute Gasteiger partial charge is 0.480 e. The lowest BCUT2D eigenvalue weighted by molar-refractivity contribution is -0.139. The molecule has 2 N–H and O–H groups in total. The van der Waals surface area contributed by atoms with E-state index in [-0.39, 0.29) is 12.3 Å². The van der Waals surface area contributed by atoms with E-state index in [0.717, 1.165) is 5.76 Å². The Morgan fingerprint density at radius 1 is 1.19 bits per heavy atom. The molecule has 1 amide bonds. The molecule has 0 unspecified atom stereocenters. The fourth-order valence-electron chi connectivity index (χ4n) is 1.74. The number of carbonyl (C=O) groups is 2. The maximum atomic E-state index is 11.9. The minimum atomic E-state index is -1.08. The van der Waals surface area contributed by atoms with E-state index in [9.17, 15) is 9.59 Å². The van der Waals surface area contributed by atoms with E-state index in [4.69, 9.17) is 14.3 Å². The number of benzene rings is 1. The number of carbonyl (C=O) groups excluding carboxylic acids is 1. The van der Waals surface area contributed by atoms with Crippen LogP contribution in [-0.2, 0) is 16.0 Å². The Labute approximate surface area is 121 Å². The molecule has 0 spiro atoms. The van der Waals surface area contributed by atoms with Gasteiger partial charge in [-0.1, -0.05) is 12.1 Å². The number of anilines is 1. The van der Waals surface area contributed by atoms with Gasteiger partial charge in [-0.2, -0.15) is 0 Å².